The molecule has 0 aliphatic rings. The Balaban J connectivity index is 2.58. The summed E-state index contributed by atoms with van der Waals surface area (Å²) in [6, 6.07) is 4.59. The van der Waals surface area contributed by atoms with Gasteiger partial charge in [-0.1, -0.05) is 0 Å². The van der Waals surface area contributed by atoms with Crippen molar-refractivity contribution < 1.29 is 0 Å². The molecule has 0 unspecified atom stereocenters. The van der Waals surface area contributed by atoms with Crippen molar-refractivity contribution in [1.82, 2.24) is 0 Å². The Bertz CT molecular complexity index is 203. The van der Waals surface area contributed by atoms with Gasteiger partial charge in [0.1, 0.15) is 0 Å². The first kappa shape index (κ1) is 7.76. The lowest BCUT2D eigenvalue weighted by Gasteiger charge is -1.99. The summed E-state index contributed by atoms with van der Waals surface area (Å²) in [5, 5.41) is 0. The summed E-state index contributed by atoms with van der Waals surface area (Å²) in [5.41, 5.74) is 5.64. The average Bonchev–Trinajstić information content (AvgIpc) is 2.13. The van der Waals surface area contributed by atoms with Crippen LogP contribution in [0.4, 0.5) is 0 Å². The van der Waals surface area contributed by atoms with Crippen LogP contribution in [0.5, 0.6) is 0 Å². The molecule has 0 aliphatic heterocycles. The third kappa shape index (κ3) is 2.12. The second-order valence-electron chi connectivity index (χ2n) is 2.69. The van der Waals surface area contributed by atoms with E-state index in [1.807, 2.05) is 18.3 Å². The van der Waals surface area contributed by atoms with E-state index in [2.05, 4.69) is 19.1 Å². The molecule has 1 aromatic rings. The molecule has 0 aliphatic carbocycles. The molecule has 1 aromatic heterocycles. The number of nitrogens with two attached hydrogens (primary N) is 1. The Kier molecular flexibility index (Phi) is 2.46. The maximum absolute atomic E-state index is 5.64. The van der Waals surface area contributed by atoms with E-state index in [1.165, 1.54) is 9.75 Å². The summed E-state index contributed by atoms with van der Waals surface area (Å²) in [7, 11) is 0. The van der Waals surface area contributed by atoms with Crippen LogP contribution in [-0.4, -0.2) is 6.04 Å². The van der Waals surface area contributed by atoms with Crippen LogP contribution in [0.25, 0.3) is 0 Å². The minimum atomic E-state index is 0.290. The molecule has 0 fully saturated rings. The van der Waals surface area contributed by atoms with Gasteiger partial charge in [-0.2, -0.15) is 0 Å². The van der Waals surface area contributed by atoms with Gasteiger partial charge in [0, 0.05) is 15.8 Å². The highest BCUT2D eigenvalue weighted by Crippen LogP contribution is 2.15. The van der Waals surface area contributed by atoms with E-state index in [0.29, 0.717) is 0 Å². The van der Waals surface area contributed by atoms with E-state index in [0.717, 1.165) is 6.42 Å². The minimum absolute atomic E-state index is 0.290. The van der Waals surface area contributed by atoms with Gasteiger partial charge < -0.3 is 5.73 Å². The first-order valence-electron chi connectivity index (χ1n) is 3.49. The Morgan fingerprint density at radius 3 is 2.70 bits per heavy atom. The second-order valence-corrected chi connectivity index (χ2v) is 4.07. The largest absolute Gasteiger partial charge is 0.328 e. The summed E-state index contributed by atoms with van der Waals surface area (Å²) < 4.78 is 0. The van der Waals surface area contributed by atoms with Crippen molar-refractivity contribution in [1.29, 1.82) is 0 Å². The van der Waals surface area contributed by atoms with Gasteiger partial charge in [-0.15, -0.1) is 11.3 Å². The van der Waals surface area contributed by atoms with Gasteiger partial charge in [0.25, 0.3) is 0 Å². The molecule has 1 heterocycles. The molecule has 0 amide bonds. The van der Waals surface area contributed by atoms with E-state index < -0.39 is 0 Å². The van der Waals surface area contributed by atoms with Crippen molar-refractivity contribution in [3.8, 4) is 0 Å². The van der Waals surface area contributed by atoms with Crippen LogP contribution in [0.15, 0.2) is 12.1 Å². The van der Waals surface area contributed by atoms with Crippen LogP contribution in [0.1, 0.15) is 16.7 Å². The van der Waals surface area contributed by atoms with E-state index in [-0.39, 0.29) is 6.04 Å². The van der Waals surface area contributed by atoms with Gasteiger partial charge in [0.15, 0.2) is 0 Å². The van der Waals surface area contributed by atoms with Crippen LogP contribution < -0.4 is 5.73 Å². The van der Waals surface area contributed by atoms with Crippen molar-refractivity contribution >= 4 is 11.3 Å². The number of thiophene rings is 1. The molecule has 56 valence electrons. The first-order chi connectivity index (χ1) is 4.68. The van der Waals surface area contributed by atoms with Crippen LogP contribution in [0.3, 0.4) is 0 Å². The minimum Gasteiger partial charge on any atom is -0.328 e. The molecule has 1 atom stereocenters. The molecule has 10 heavy (non-hydrogen) atoms. The van der Waals surface area contributed by atoms with Gasteiger partial charge in [-0.05, 0) is 32.4 Å². The normalized spacial score (nSPS) is 13.5. The highest BCUT2D eigenvalue weighted by atomic mass is 32.1. The lowest BCUT2D eigenvalue weighted by molar-refractivity contribution is 0.746. The maximum atomic E-state index is 5.64. The van der Waals surface area contributed by atoms with E-state index in [4.69, 9.17) is 5.73 Å². The van der Waals surface area contributed by atoms with Crippen LogP contribution >= 0.6 is 11.3 Å². The molecule has 2 N–H and O–H groups in total. The zero-order chi connectivity index (χ0) is 7.56. The average molecular weight is 155 g/mol. The fraction of sp³-hybridized carbons (Fsp3) is 0.500. The predicted octanol–water partition coefficient (Wildman–Crippen LogP) is 1.95. The lowest BCUT2D eigenvalue weighted by atomic mass is 10.2. The van der Waals surface area contributed by atoms with Gasteiger partial charge in [0.2, 0.25) is 0 Å². The molecule has 0 saturated carbocycles. The summed E-state index contributed by atoms with van der Waals surface area (Å²) in [4.78, 5) is 2.77. The molecular formula is C8H13NS. The third-order valence-electron chi connectivity index (χ3n) is 1.32. The van der Waals surface area contributed by atoms with Gasteiger partial charge in [-0.3, -0.25) is 0 Å². The Hall–Kier alpha value is -0.340. The summed E-state index contributed by atoms with van der Waals surface area (Å²) in [6.07, 6.45) is 1.01. The quantitative estimate of drug-likeness (QED) is 0.694. The molecular weight excluding hydrogens is 142 g/mol. The third-order valence-corrected chi connectivity index (χ3v) is 2.34. The van der Waals surface area contributed by atoms with Gasteiger partial charge >= 0.3 is 0 Å². The Labute approximate surface area is 65.9 Å². The summed E-state index contributed by atoms with van der Waals surface area (Å²) in [6.45, 7) is 4.16. The van der Waals surface area contributed by atoms with Crippen molar-refractivity contribution in [2.75, 3.05) is 0 Å². The second kappa shape index (κ2) is 3.17. The summed E-state index contributed by atoms with van der Waals surface area (Å²) >= 11 is 1.84. The number of hydrogen-bond donors (Lipinski definition) is 1. The number of rotatable bonds is 2. The van der Waals surface area contributed by atoms with Crippen molar-refractivity contribution in [3.63, 3.8) is 0 Å². The smallest absolute Gasteiger partial charge is 0.00633 e. The highest BCUT2D eigenvalue weighted by Gasteiger charge is 1.98. The molecule has 0 spiro atoms. The number of aryl methyl sites for hydroxylation is 1. The molecule has 0 radical (unpaired) electrons. The van der Waals surface area contributed by atoms with E-state index in [1.54, 1.807) is 0 Å². The zero-order valence-corrected chi connectivity index (χ0v) is 7.24. The zero-order valence-electron chi connectivity index (χ0n) is 6.42. The Morgan fingerprint density at radius 1 is 1.60 bits per heavy atom. The van der Waals surface area contributed by atoms with Crippen molar-refractivity contribution in [3.05, 3.63) is 21.9 Å². The summed E-state index contributed by atoms with van der Waals surface area (Å²) in [5.74, 6) is 0. The van der Waals surface area contributed by atoms with E-state index >= 15 is 0 Å². The topological polar surface area (TPSA) is 26.0 Å². The fourth-order valence-electron chi connectivity index (χ4n) is 0.912. The maximum Gasteiger partial charge on any atom is 0.00633 e. The van der Waals surface area contributed by atoms with Crippen LogP contribution in [-0.2, 0) is 6.42 Å². The van der Waals surface area contributed by atoms with Gasteiger partial charge in [0.05, 0.1) is 0 Å². The monoisotopic (exact) mass is 155 g/mol. The fourth-order valence-corrected chi connectivity index (χ4v) is 1.94. The molecule has 1 rings (SSSR count). The Morgan fingerprint density at radius 2 is 2.30 bits per heavy atom. The standard InChI is InChI=1S/C8H13NS/c1-6(9)5-8-4-3-7(2)10-8/h3-4,6H,5,9H2,1-2H3/t6-/m0/s1. The van der Waals surface area contributed by atoms with E-state index in [9.17, 15) is 0 Å². The van der Waals surface area contributed by atoms with Crippen LogP contribution in [0.2, 0.25) is 0 Å². The van der Waals surface area contributed by atoms with Crippen LogP contribution in [0, 0.1) is 6.92 Å². The molecule has 2 heteroatoms. The lowest BCUT2D eigenvalue weighted by Crippen LogP contribution is -2.16. The molecule has 0 bridgehead atoms. The molecule has 1 nitrogen and oxygen atoms in total. The molecule has 0 aromatic carbocycles. The van der Waals surface area contributed by atoms with Crippen molar-refractivity contribution in [2.45, 2.75) is 26.3 Å². The number of hydrogen-bond acceptors (Lipinski definition) is 2. The van der Waals surface area contributed by atoms with Crippen molar-refractivity contribution in [2.24, 2.45) is 5.73 Å². The SMILES string of the molecule is Cc1ccc(C[C@H](C)N)s1. The predicted molar refractivity (Wildman–Crippen MR) is 46.4 cm³/mol. The highest BCUT2D eigenvalue weighted by molar-refractivity contribution is 7.11. The molecule has 0 saturated heterocycles. The first-order valence-corrected chi connectivity index (χ1v) is 4.31. The van der Waals surface area contributed by atoms with Gasteiger partial charge in [-0.25, -0.2) is 0 Å².